The summed E-state index contributed by atoms with van der Waals surface area (Å²) < 4.78 is 40.0. The van der Waals surface area contributed by atoms with Crippen LogP contribution in [0.1, 0.15) is 21.7 Å². The fraction of sp³-hybridized carbons (Fsp3) is 0.312. The van der Waals surface area contributed by atoms with E-state index in [1.165, 1.54) is 31.1 Å². The van der Waals surface area contributed by atoms with Crippen molar-refractivity contribution in [1.82, 2.24) is 20.0 Å². The fourth-order valence-electron chi connectivity index (χ4n) is 2.17. The number of hydrogen-bond donors (Lipinski definition) is 2. The van der Waals surface area contributed by atoms with E-state index >= 15 is 0 Å². The Morgan fingerprint density at radius 3 is 2.54 bits per heavy atom. The highest BCUT2D eigenvalue weighted by molar-refractivity contribution is 5.93. The molecule has 0 unspecified atom stereocenters. The molecular formula is C16H18F3N5O2. The molecule has 1 aromatic carbocycles. The molecule has 0 fully saturated rings. The quantitative estimate of drug-likeness (QED) is 0.827. The third-order valence-corrected chi connectivity index (χ3v) is 3.46. The fourth-order valence-corrected chi connectivity index (χ4v) is 2.17. The lowest BCUT2D eigenvalue weighted by Crippen LogP contribution is -2.29. The Morgan fingerprint density at radius 1 is 1.27 bits per heavy atom. The lowest BCUT2D eigenvalue weighted by atomic mass is 10.2. The highest BCUT2D eigenvalue weighted by Gasteiger charge is 2.36. The summed E-state index contributed by atoms with van der Waals surface area (Å²) in [5.74, 6) is -0.979. The van der Waals surface area contributed by atoms with Crippen LogP contribution in [0.4, 0.5) is 13.2 Å². The monoisotopic (exact) mass is 369 g/mol. The number of nitrogens with one attached hydrogen (secondary N) is 1. The molecule has 1 heterocycles. The third kappa shape index (κ3) is 4.39. The maximum atomic E-state index is 13.0. The number of aromatic nitrogens is 2. The smallest absolute Gasteiger partial charge is 0.351 e. The normalized spacial score (nSPS) is 11.3. The van der Waals surface area contributed by atoms with E-state index in [1.54, 1.807) is 12.1 Å². The van der Waals surface area contributed by atoms with E-state index in [0.29, 0.717) is 11.6 Å². The SMILES string of the molecule is CN(C)C(=O)c1cc(C(F)(F)F)nn1-c1cccc(CNC(=O)CN)c1. The summed E-state index contributed by atoms with van der Waals surface area (Å²) in [5, 5.41) is 6.11. The van der Waals surface area contributed by atoms with Crippen molar-refractivity contribution in [2.24, 2.45) is 5.73 Å². The van der Waals surface area contributed by atoms with E-state index < -0.39 is 17.8 Å². The number of carbonyl (C=O) groups excluding carboxylic acids is 2. The van der Waals surface area contributed by atoms with Crippen molar-refractivity contribution < 1.29 is 22.8 Å². The van der Waals surface area contributed by atoms with Gasteiger partial charge in [0.15, 0.2) is 5.69 Å². The van der Waals surface area contributed by atoms with Crippen LogP contribution in [0.5, 0.6) is 0 Å². The van der Waals surface area contributed by atoms with E-state index in [-0.39, 0.29) is 30.4 Å². The molecule has 10 heteroatoms. The first-order chi connectivity index (χ1) is 12.1. The number of nitrogens with zero attached hydrogens (tertiary/aromatic N) is 3. The first-order valence-corrected chi connectivity index (χ1v) is 7.58. The first-order valence-electron chi connectivity index (χ1n) is 7.58. The minimum absolute atomic E-state index is 0.147. The molecule has 2 aromatic rings. The number of alkyl halides is 3. The molecule has 2 amide bonds. The van der Waals surface area contributed by atoms with Crippen LogP contribution < -0.4 is 11.1 Å². The van der Waals surface area contributed by atoms with Crippen LogP contribution in [0, 0.1) is 0 Å². The van der Waals surface area contributed by atoms with Gasteiger partial charge >= 0.3 is 6.18 Å². The Balaban J connectivity index is 2.45. The second kappa shape index (κ2) is 7.56. The number of amides is 2. The molecule has 0 bridgehead atoms. The van der Waals surface area contributed by atoms with Gasteiger partial charge in [0.2, 0.25) is 5.91 Å². The van der Waals surface area contributed by atoms with Gasteiger partial charge in [-0.1, -0.05) is 12.1 Å². The molecule has 26 heavy (non-hydrogen) atoms. The van der Waals surface area contributed by atoms with E-state index in [2.05, 4.69) is 10.4 Å². The highest BCUT2D eigenvalue weighted by atomic mass is 19.4. The van der Waals surface area contributed by atoms with Crippen LogP contribution in [0.25, 0.3) is 5.69 Å². The van der Waals surface area contributed by atoms with Crippen LogP contribution in [0.2, 0.25) is 0 Å². The van der Waals surface area contributed by atoms with Crippen molar-refractivity contribution in [3.8, 4) is 5.69 Å². The van der Waals surface area contributed by atoms with Gasteiger partial charge in [0.1, 0.15) is 5.69 Å². The van der Waals surface area contributed by atoms with Gasteiger partial charge in [-0.3, -0.25) is 9.59 Å². The maximum absolute atomic E-state index is 13.0. The Morgan fingerprint density at radius 2 is 1.96 bits per heavy atom. The van der Waals surface area contributed by atoms with Crippen molar-refractivity contribution in [1.29, 1.82) is 0 Å². The zero-order valence-corrected chi connectivity index (χ0v) is 14.2. The van der Waals surface area contributed by atoms with Gasteiger partial charge in [0, 0.05) is 26.7 Å². The third-order valence-electron chi connectivity index (χ3n) is 3.46. The van der Waals surface area contributed by atoms with Crippen LogP contribution in [0.15, 0.2) is 30.3 Å². The van der Waals surface area contributed by atoms with Crippen LogP contribution in [-0.2, 0) is 17.5 Å². The molecule has 0 radical (unpaired) electrons. The Kier molecular flexibility index (Phi) is 5.66. The summed E-state index contributed by atoms with van der Waals surface area (Å²) in [7, 11) is 2.87. The molecule has 0 atom stereocenters. The summed E-state index contributed by atoms with van der Waals surface area (Å²) in [4.78, 5) is 24.7. The molecule has 7 nitrogen and oxygen atoms in total. The summed E-state index contributed by atoms with van der Waals surface area (Å²) in [6.07, 6.45) is -4.68. The minimum Gasteiger partial charge on any atom is -0.351 e. The van der Waals surface area contributed by atoms with E-state index in [9.17, 15) is 22.8 Å². The summed E-state index contributed by atoms with van der Waals surface area (Å²) in [6.45, 7) is -0.0243. The minimum atomic E-state index is -4.68. The van der Waals surface area contributed by atoms with Crippen LogP contribution >= 0.6 is 0 Å². The van der Waals surface area contributed by atoms with E-state index in [0.717, 1.165) is 4.68 Å². The summed E-state index contributed by atoms with van der Waals surface area (Å²) in [5.41, 5.74) is 4.72. The molecule has 0 saturated heterocycles. The predicted octanol–water partition coefficient (Wildman–Crippen LogP) is 1.17. The lowest BCUT2D eigenvalue weighted by molar-refractivity contribution is -0.141. The predicted molar refractivity (Wildman–Crippen MR) is 87.5 cm³/mol. The Labute approximate surface area is 147 Å². The van der Waals surface area contributed by atoms with E-state index in [4.69, 9.17) is 5.73 Å². The van der Waals surface area contributed by atoms with Gasteiger partial charge in [0.25, 0.3) is 5.91 Å². The molecule has 0 aliphatic rings. The largest absolute Gasteiger partial charge is 0.435 e. The van der Waals surface area contributed by atoms with Crippen molar-refractivity contribution >= 4 is 11.8 Å². The van der Waals surface area contributed by atoms with Crippen molar-refractivity contribution in [3.05, 3.63) is 47.3 Å². The van der Waals surface area contributed by atoms with Gasteiger partial charge in [-0.25, -0.2) is 4.68 Å². The molecule has 0 saturated carbocycles. The molecule has 1 aromatic heterocycles. The number of carbonyl (C=O) groups is 2. The Bertz CT molecular complexity index is 814. The average Bonchev–Trinajstić information content (AvgIpc) is 3.04. The van der Waals surface area contributed by atoms with Gasteiger partial charge in [-0.15, -0.1) is 0 Å². The standard InChI is InChI=1S/C16H18F3N5O2/c1-23(2)15(26)12-7-13(16(17,18)19)22-24(12)11-5-3-4-10(6-11)9-21-14(25)8-20/h3-7H,8-9,20H2,1-2H3,(H,21,25). The summed E-state index contributed by atoms with van der Waals surface area (Å²) in [6, 6.07) is 7.05. The molecular weight excluding hydrogens is 351 g/mol. The van der Waals surface area contributed by atoms with Crippen molar-refractivity contribution in [2.45, 2.75) is 12.7 Å². The zero-order valence-electron chi connectivity index (χ0n) is 14.2. The molecule has 0 aliphatic heterocycles. The van der Waals surface area contributed by atoms with Crippen molar-refractivity contribution in [3.63, 3.8) is 0 Å². The second-order valence-electron chi connectivity index (χ2n) is 5.67. The maximum Gasteiger partial charge on any atom is 0.435 e. The number of rotatable bonds is 5. The van der Waals surface area contributed by atoms with Gasteiger partial charge < -0.3 is 16.0 Å². The topological polar surface area (TPSA) is 93.2 Å². The van der Waals surface area contributed by atoms with Gasteiger partial charge in [-0.05, 0) is 17.7 Å². The number of nitrogens with two attached hydrogens (primary N) is 1. The molecule has 0 aliphatic carbocycles. The lowest BCUT2D eigenvalue weighted by Gasteiger charge is -2.13. The van der Waals surface area contributed by atoms with Gasteiger partial charge in [0.05, 0.1) is 12.2 Å². The first kappa shape index (κ1) is 19.4. The van der Waals surface area contributed by atoms with Crippen LogP contribution in [0.3, 0.4) is 0 Å². The number of benzene rings is 1. The average molecular weight is 369 g/mol. The summed E-state index contributed by atoms with van der Waals surface area (Å²) >= 11 is 0. The molecule has 3 N–H and O–H groups in total. The molecule has 2 rings (SSSR count). The van der Waals surface area contributed by atoms with Gasteiger partial charge in [-0.2, -0.15) is 18.3 Å². The van der Waals surface area contributed by atoms with Crippen molar-refractivity contribution in [2.75, 3.05) is 20.6 Å². The molecule has 0 spiro atoms. The van der Waals surface area contributed by atoms with E-state index in [1.807, 2.05) is 0 Å². The number of hydrogen-bond acceptors (Lipinski definition) is 4. The Hall–Kier alpha value is -2.88. The zero-order chi connectivity index (χ0) is 19.5. The van der Waals surface area contributed by atoms with Crippen LogP contribution in [-0.4, -0.2) is 47.1 Å². The number of halogens is 3. The second-order valence-corrected chi connectivity index (χ2v) is 5.67. The molecule has 140 valence electrons. The highest BCUT2D eigenvalue weighted by Crippen LogP contribution is 2.30.